The SMILES string of the molecule is COc1ccc(CN(C)C(=O)c2cn[nH]c2-c2ccccc2)c2cccnc12. The molecule has 4 rings (SSSR count). The molecule has 2 aromatic heterocycles. The third kappa shape index (κ3) is 3.20. The standard InChI is InChI=1S/C22H20N4O2/c1-26(14-16-10-11-19(28-2)21-17(16)9-6-12-23-21)22(27)18-13-24-25-20(18)15-7-4-3-5-8-15/h3-13H,14H2,1-2H3,(H,24,25). The number of pyridine rings is 1. The first kappa shape index (κ1) is 17.7. The molecular formula is C22H20N4O2. The van der Waals surface area contributed by atoms with Crippen LogP contribution in [-0.4, -0.2) is 40.1 Å². The number of methoxy groups -OCH3 is 1. The predicted octanol–water partition coefficient (Wildman–Crippen LogP) is 3.91. The van der Waals surface area contributed by atoms with E-state index in [9.17, 15) is 4.79 Å². The van der Waals surface area contributed by atoms with Gasteiger partial charge in [-0.25, -0.2) is 0 Å². The van der Waals surface area contributed by atoms with Crippen molar-refractivity contribution in [3.8, 4) is 17.0 Å². The number of hydrogen-bond donors (Lipinski definition) is 1. The Balaban J connectivity index is 1.64. The van der Waals surface area contributed by atoms with Gasteiger partial charge in [-0.2, -0.15) is 5.10 Å². The van der Waals surface area contributed by atoms with Gasteiger partial charge in [0, 0.05) is 30.7 Å². The van der Waals surface area contributed by atoms with Gasteiger partial charge in [0.1, 0.15) is 11.3 Å². The summed E-state index contributed by atoms with van der Waals surface area (Å²) in [6.45, 7) is 0.449. The van der Waals surface area contributed by atoms with E-state index in [4.69, 9.17) is 4.74 Å². The minimum Gasteiger partial charge on any atom is -0.494 e. The molecule has 4 aromatic rings. The average molecular weight is 372 g/mol. The van der Waals surface area contributed by atoms with Crippen molar-refractivity contribution in [3.63, 3.8) is 0 Å². The molecule has 28 heavy (non-hydrogen) atoms. The maximum atomic E-state index is 13.1. The van der Waals surface area contributed by atoms with Gasteiger partial charge in [-0.1, -0.05) is 42.5 Å². The molecule has 1 N–H and O–H groups in total. The second kappa shape index (κ2) is 7.52. The number of carbonyl (C=O) groups is 1. The molecule has 6 heteroatoms. The van der Waals surface area contributed by atoms with Crippen LogP contribution >= 0.6 is 0 Å². The summed E-state index contributed by atoms with van der Waals surface area (Å²) in [7, 11) is 3.42. The van der Waals surface area contributed by atoms with Crippen LogP contribution in [0.15, 0.2) is 67.0 Å². The molecule has 0 aliphatic rings. The van der Waals surface area contributed by atoms with Crippen molar-refractivity contribution in [3.05, 3.63) is 78.1 Å². The van der Waals surface area contributed by atoms with E-state index in [0.717, 1.165) is 33.5 Å². The molecule has 1 amide bonds. The van der Waals surface area contributed by atoms with Gasteiger partial charge in [-0.15, -0.1) is 0 Å². The van der Waals surface area contributed by atoms with E-state index in [-0.39, 0.29) is 5.91 Å². The highest BCUT2D eigenvalue weighted by molar-refractivity contribution is 5.99. The van der Waals surface area contributed by atoms with Crippen LogP contribution in [0.1, 0.15) is 15.9 Å². The fourth-order valence-electron chi connectivity index (χ4n) is 3.31. The average Bonchev–Trinajstić information content (AvgIpc) is 3.24. The summed E-state index contributed by atoms with van der Waals surface area (Å²) in [6.07, 6.45) is 3.32. The third-order valence-electron chi connectivity index (χ3n) is 4.73. The van der Waals surface area contributed by atoms with E-state index in [1.165, 1.54) is 0 Å². The summed E-state index contributed by atoms with van der Waals surface area (Å²) < 4.78 is 5.40. The number of nitrogens with zero attached hydrogens (tertiary/aromatic N) is 3. The second-order valence-corrected chi connectivity index (χ2v) is 6.51. The first-order chi connectivity index (χ1) is 13.7. The lowest BCUT2D eigenvalue weighted by atomic mass is 10.1. The molecule has 0 radical (unpaired) electrons. The minimum atomic E-state index is -0.0968. The Morgan fingerprint density at radius 3 is 2.71 bits per heavy atom. The van der Waals surface area contributed by atoms with E-state index >= 15 is 0 Å². The largest absolute Gasteiger partial charge is 0.494 e. The van der Waals surface area contributed by atoms with Crippen LogP contribution in [0.2, 0.25) is 0 Å². The Bertz CT molecular complexity index is 1120. The number of amides is 1. The maximum absolute atomic E-state index is 13.1. The first-order valence-corrected chi connectivity index (χ1v) is 8.94. The van der Waals surface area contributed by atoms with Crippen LogP contribution in [0.4, 0.5) is 0 Å². The number of fused-ring (bicyclic) bond motifs is 1. The van der Waals surface area contributed by atoms with Gasteiger partial charge in [-0.3, -0.25) is 14.9 Å². The van der Waals surface area contributed by atoms with Crippen LogP contribution in [0.5, 0.6) is 5.75 Å². The van der Waals surface area contributed by atoms with Crippen LogP contribution < -0.4 is 4.74 Å². The summed E-state index contributed by atoms with van der Waals surface area (Å²) in [6, 6.07) is 17.4. The lowest BCUT2D eigenvalue weighted by molar-refractivity contribution is 0.0786. The number of carbonyl (C=O) groups excluding carboxylic acids is 1. The van der Waals surface area contributed by atoms with Crippen molar-refractivity contribution in [1.82, 2.24) is 20.1 Å². The van der Waals surface area contributed by atoms with E-state index in [1.807, 2.05) is 54.6 Å². The first-order valence-electron chi connectivity index (χ1n) is 8.94. The van der Waals surface area contributed by atoms with Crippen molar-refractivity contribution in [2.45, 2.75) is 6.54 Å². The van der Waals surface area contributed by atoms with E-state index < -0.39 is 0 Å². The van der Waals surface area contributed by atoms with Gasteiger partial charge in [-0.05, 0) is 17.7 Å². The van der Waals surface area contributed by atoms with E-state index in [1.54, 1.807) is 31.5 Å². The summed E-state index contributed by atoms with van der Waals surface area (Å²) in [5, 5.41) is 7.99. The van der Waals surface area contributed by atoms with Gasteiger partial charge >= 0.3 is 0 Å². The lowest BCUT2D eigenvalue weighted by Gasteiger charge is -2.19. The lowest BCUT2D eigenvalue weighted by Crippen LogP contribution is -2.26. The molecule has 0 bridgehead atoms. The Morgan fingerprint density at radius 2 is 1.93 bits per heavy atom. The molecule has 0 unspecified atom stereocenters. The monoisotopic (exact) mass is 372 g/mol. The Labute approximate surface area is 162 Å². The minimum absolute atomic E-state index is 0.0968. The zero-order valence-electron chi connectivity index (χ0n) is 15.7. The van der Waals surface area contributed by atoms with Crippen molar-refractivity contribution < 1.29 is 9.53 Å². The topological polar surface area (TPSA) is 71.1 Å². The molecule has 0 saturated heterocycles. The normalized spacial score (nSPS) is 10.8. The number of benzene rings is 2. The maximum Gasteiger partial charge on any atom is 0.257 e. The van der Waals surface area contributed by atoms with E-state index in [0.29, 0.717) is 12.1 Å². The van der Waals surface area contributed by atoms with Crippen molar-refractivity contribution in [2.24, 2.45) is 0 Å². The highest BCUT2D eigenvalue weighted by Gasteiger charge is 2.20. The van der Waals surface area contributed by atoms with Gasteiger partial charge in [0.15, 0.2) is 0 Å². The molecule has 140 valence electrons. The van der Waals surface area contributed by atoms with Crippen LogP contribution in [-0.2, 0) is 6.54 Å². The molecule has 2 heterocycles. The molecule has 0 spiro atoms. The molecule has 0 aliphatic heterocycles. The molecule has 0 atom stereocenters. The quantitative estimate of drug-likeness (QED) is 0.577. The summed E-state index contributed by atoms with van der Waals surface area (Å²) in [5.41, 5.74) is 3.99. The highest BCUT2D eigenvalue weighted by Crippen LogP contribution is 2.28. The fraction of sp³-hybridized carbons (Fsp3) is 0.136. The number of aromatic amines is 1. The molecule has 2 aromatic carbocycles. The van der Waals surface area contributed by atoms with Crippen molar-refractivity contribution in [1.29, 1.82) is 0 Å². The number of H-pyrrole nitrogens is 1. The molecule has 0 fully saturated rings. The number of hydrogen-bond acceptors (Lipinski definition) is 4. The Kier molecular flexibility index (Phi) is 4.76. The predicted molar refractivity (Wildman–Crippen MR) is 108 cm³/mol. The van der Waals surface area contributed by atoms with Gasteiger partial charge in [0.25, 0.3) is 5.91 Å². The van der Waals surface area contributed by atoms with Gasteiger partial charge in [0.2, 0.25) is 0 Å². The summed E-state index contributed by atoms with van der Waals surface area (Å²) in [5.74, 6) is 0.620. The fourth-order valence-corrected chi connectivity index (χ4v) is 3.31. The Morgan fingerprint density at radius 1 is 1.11 bits per heavy atom. The van der Waals surface area contributed by atoms with Crippen LogP contribution in [0.25, 0.3) is 22.2 Å². The number of rotatable bonds is 5. The summed E-state index contributed by atoms with van der Waals surface area (Å²) in [4.78, 5) is 19.2. The zero-order valence-corrected chi connectivity index (χ0v) is 15.7. The zero-order chi connectivity index (χ0) is 19.5. The third-order valence-corrected chi connectivity index (χ3v) is 4.73. The van der Waals surface area contributed by atoms with Crippen LogP contribution in [0, 0.1) is 0 Å². The second-order valence-electron chi connectivity index (χ2n) is 6.51. The number of aromatic nitrogens is 3. The Hall–Kier alpha value is -3.67. The summed E-state index contributed by atoms with van der Waals surface area (Å²) >= 11 is 0. The number of ether oxygens (including phenoxy) is 1. The van der Waals surface area contributed by atoms with Crippen molar-refractivity contribution in [2.75, 3.05) is 14.2 Å². The molecule has 0 aliphatic carbocycles. The molecular weight excluding hydrogens is 352 g/mol. The smallest absolute Gasteiger partial charge is 0.257 e. The number of nitrogens with one attached hydrogen (secondary N) is 1. The van der Waals surface area contributed by atoms with Gasteiger partial charge < -0.3 is 9.64 Å². The highest BCUT2D eigenvalue weighted by atomic mass is 16.5. The van der Waals surface area contributed by atoms with Gasteiger partial charge in [0.05, 0.1) is 24.6 Å². The molecule has 0 saturated carbocycles. The van der Waals surface area contributed by atoms with Crippen LogP contribution in [0.3, 0.4) is 0 Å². The molecule has 6 nitrogen and oxygen atoms in total. The van der Waals surface area contributed by atoms with E-state index in [2.05, 4.69) is 15.2 Å². The van der Waals surface area contributed by atoms with Crippen molar-refractivity contribution >= 4 is 16.8 Å².